The second-order valence-electron chi connectivity index (χ2n) is 4.51. The number of benzene rings is 1. The Morgan fingerprint density at radius 3 is 2.47 bits per heavy atom. The molecule has 2 rings (SSSR count). The molecular formula is C12H14F3NO2S. The Balaban J connectivity index is 2.46. The topological polar surface area (TPSA) is 46.2 Å². The first-order chi connectivity index (χ1) is 8.83. The van der Waals surface area contributed by atoms with Crippen LogP contribution in [0.2, 0.25) is 0 Å². The maximum absolute atomic E-state index is 12.9. The van der Waals surface area contributed by atoms with E-state index in [1.807, 2.05) is 0 Å². The van der Waals surface area contributed by atoms with Gasteiger partial charge < -0.3 is 5.32 Å². The van der Waals surface area contributed by atoms with E-state index < -0.39 is 31.7 Å². The molecule has 1 unspecified atom stereocenters. The van der Waals surface area contributed by atoms with E-state index in [1.54, 1.807) is 0 Å². The molecule has 0 saturated carbocycles. The second-order valence-corrected chi connectivity index (χ2v) is 6.70. The first kappa shape index (κ1) is 14.3. The molecule has 0 bridgehead atoms. The summed E-state index contributed by atoms with van der Waals surface area (Å²) < 4.78 is 63.2. The Hall–Kier alpha value is -1.08. The van der Waals surface area contributed by atoms with Gasteiger partial charge in [0.2, 0.25) is 0 Å². The van der Waals surface area contributed by atoms with Crippen LogP contribution in [0.25, 0.3) is 0 Å². The first-order valence-electron chi connectivity index (χ1n) is 5.94. The van der Waals surface area contributed by atoms with E-state index in [9.17, 15) is 21.6 Å². The Morgan fingerprint density at radius 1 is 1.21 bits per heavy atom. The minimum Gasteiger partial charge on any atom is -0.315 e. The minimum atomic E-state index is -4.66. The number of halogens is 3. The van der Waals surface area contributed by atoms with E-state index in [2.05, 4.69) is 5.32 Å². The predicted molar refractivity (Wildman–Crippen MR) is 64.5 cm³/mol. The maximum atomic E-state index is 12.9. The molecule has 106 valence electrons. The lowest BCUT2D eigenvalue weighted by atomic mass is 10.2. The van der Waals surface area contributed by atoms with Gasteiger partial charge in [-0.05, 0) is 31.5 Å². The van der Waals surface area contributed by atoms with Crippen molar-refractivity contribution < 1.29 is 21.6 Å². The van der Waals surface area contributed by atoms with Crippen LogP contribution in [0.3, 0.4) is 0 Å². The van der Waals surface area contributed by atoms with Crippen LogP contribution in [0.4, 0.5) is 13.2 Å². The number of piperidine rings is 1. The van der Waals surface area contributed by atoms with Crippen molar-refractivity contribution in [2.75, 3.05) is 13.1 Å². The third-order valence-corrected chi connectivity index (χ3v) is 5.44. The van der Waals surface area contributed by atoms with Crippen LogP contribution in [0, 0.1) is 0 Å². The predicted octanol–water partition coefficient (Wildman–Crippen LogP) is 2.23. The van der Waals surface area contributed by atoms with Crippen molar-refractivity contribution in [2.24, 2.45) is 0 Å². The van der Waals surface area contributed by atoms with Crippen molar-refractivity contribution in [2.45, 2.75) is 29.2 Å². The molecule has 0 aliphatic carbocycles. The highest BCUT2D eigenvalue weighted by Crippen LogP contribution is 2.35. The Kier molecular flexibility index (Phi) is 3.87. The van der Waals surface area contributed by atoms with Crippen LogP contribution in [0.5, 0.6) is 0 Å². The zero-order chi connectivity index (χ0) is 14.1. The molecule has 1 aromatic rings. The van der Waals surface area contributed by atoms with E-state index in [4.69, 9.17) is 0 Å². The molecule has 1 aromatic carbocycles. The highest BCUT2D eigenvalue weighted by atomic mass is 32.2. The van der Waals surface area contributed by atoms with Gasteiger partial charge in [-0.3, -0.25) is 0 Å². The average Bonchev–Trinajstić information content (AvgIpc) is 2.39. The van der Waals surface area contributed by atoms with Crippen LogP contribution in [0.15, 0.2) is 29.2 Å². The molecule has 1 aliphatic heterocycles. The zero-order valence-corrected chi connectivity index (χ0v) is 10.9. The molecule has 0 radical (unpaired) electrons. The van der Waals surface area contributed by atoms with Gasteiger partial charge in [-0.15, -0.1) is 0 Å². The van der Waals surface area contributed by atoms with Gasteiger partial charge in [0.05, 0.1) is 15.7 Å². The summed E-state index contributed by atoms with van der Waals surface area (Å²) in [6.07, 6.45) is -3.62. The molecule has 1 atom stereocenters. The largest absolute Gasteiger partial charge is 0.417 e. The first-order valence-corrected chi connectivity index (χ1v) is 7.49. The van der Waals surface area contributed by atoms with Gasteiger partial charge in [0.1, 0.15) is 0 Å². The lowest BCUT2D eigenvalue weighted by molar-refractivity contribution is -0.139. The highest BCUT2D eigenvalue weighted by molar-refractivity contribution is 7.92. The quantitative estimate of drug-likeness (QED) is 0.909. The van der Waals surface area contributed by atoms with Crippen molar-refractivity contribution in [1.82, 2.24) is 5.32 Å². The molecule has 1 aliphatic rings. The molecule has 1 saturated heterocycles. The lowest BCUT2D eigenvalue weighted by Gasteiger charge is -2.24. The molecule has 1 N–H and O–H groups in total. The number of nitrogens with one attached hydrogen (secondary N) is 1. The van der Waals surface area contributed by atoms with Gasteiger partial charge in [-0.25, -0.2) is 8.42 Å². The van der Waals surface area contributed by atoms with E-state index in [1.165, 1.54) is 12.1 Å². The SMILES string of the molecule is O=S(=O)(c1ccccc1C(F)(F)F)C1CCCNC1. The van der Waals surface area contributed by atoms with Crippen molar-refractivity contribution >= 4 is 9.84 Å². The summed E-state index contributed by atoms with van der Waals surface area (Å²) in [6.45, 7) is 0.904. The van der Waals surface area contributed by atoms with Crippen molar-refractivity contribution in [3.8, 4) is 0 Å². The summed E-state index contributed by atoms with van der Waals surface area (Å²) in [5.74, 6) is 0. The molecule has 3 nitrogen and oxygen atoms in total. The maximum Gasteiger partial charge on any atom is 0.417 e. The summed E-state index contributed by atoms with van der Waals surface area (Å²) in [7, 11) is -3.96. The fraction of sp³-hybridized carbons (Fsp3) is 0.500. The Bertz CT molecular complexity index is 548. The fourth-order valence-electron chi connectivity index (χ4n) is 2.21. The molecular weight excluding hydrogens is 279 g/mol. The van der Waals surface area contributed by atoms with Crippen molar-refractivity contribution in [1.29, 1.82) is 0 Å². The Morgan fingerprint density at radius 2 is 1.89 bits per heavy atom. The van der Waals surface area contributed by atoms with Gasteiger partial charge >= 0.3 is 6.18 Å². The monoisotopic (exact) mass is 293 g/mol. The summed E-state index contributed by atoms with van der Waals surface area (Å²) in [6, 6.07) is 4.36. The molecule has 0 spiro atoms. The standard InChI is InChI=1S/C12H14F3NO2S/c13-12(14,15)10-5-1-2-6-11(10)19(17,18)9-4-3-7-16-8-9/h1-2,5-6,9,16H,3-4,7-8H2. The zero-order valence-electron chi connectivity index (χ0n) is 10.1. The van der Waals surface area contributed by atoms with Gasteiger partial charge in [0.15, 0.2) is 9.84 Å². The molecule has 1 fully saturated rings. The van der Waals surface area contributed by atoms with E-state index >= 15 is 0 Å². The third kappa shape index (κ3) is 2.92. The number of rotatable bonds is 2. The fourth-order valence-corrected chi connectivity index (χ4v) is 4.15. The van der Waals surface area contributed by atoms with Crippen molar-refractivity contribution in [3.63, 3.8) is 0 Å². The third-order valence-electron chi connectivity index (χ3n) is 3.19. The molecule has 0 amide bonds. The number of sulfone groups is 1. The van der Waals surface area contributed by atoms with E-state index in [-0.39, 0.29) is 6.54 Å². The van der Waals surface area contributed by atoms with Gasteiger partial charge in [-0.2, -0.15) is 13.2 Å². The van der Waals surface area contributed by atoms with Crippen LogP contribution in [-0.2, 0) is 16.0 Å². The second kappa shape index (κ2) is 5.13. The number of hydrogen-bond donors (Lipinski definition) is 1. The summed E-state index contributed by atoms with van der Waals surface area (Å²) in [5.41, 5.74) is -1.08. The molecule has 0 aromatic heterocycles. The lowest BCUT2D eigenvalue weighted by Crippen LogP contribution is -2.39. The average molecular weight is 293 g/mol. The highest BCUT2D eigenvalue weighted by Gasteiger charge is 2.39. The van der Waals surface area contributed by atoms with Crippen LogP contribution >= 0.6 is 0 Å². The summed E-state index contributed by atoms with van der Waals surface area (Å²) in [4.78, 5) is -0.615. The number of alkyl halides is 3. The Labute approximate surface area is 109 Å². The van der Waals surface area contributed by atoms with Gasteiger partial charge in [-0.1, -0.05) is 12.1 Å². The van der Waals surface area contributed by atoms with Crippen LogP contribution in [-0.4, -0.2) is 26.8 Å². The summed E-state index contributed by atoms with van der Waals surface area (Å²) >= 11 is 0. The van der Waals surface area contributed by atoms with Crippen LogP contribution < -0.4 is 5.32 Å². The minimum absolute atomic E-state index is 0.203. The van der Waals surface area contributed by atoms with Crippen LogP contribution in [0.1, 0.15) is 18.4 Å². The van der Waals surface area contributed by atoms with Crippen molar-refractivity contribution in [3.05, 3.63) is 29.8 Å². The van der Waals surface area contributed by atoms with E-state index in [0.29, 0.717) is 19.4 Å². The number of hydrogen-bond acceptors (Lipinski definition) is 3. The van der Waals surface area contributed by atoms with Gasteiger partial charge in [0, 0.05) is 6.54 Å². The van der Waals surface area contributed by atoms with E-state index in [0.717, 1.165) is 12.1 Å². The molecule has 1 heterocycles. The normalized spacial score (nSPS) is 21.3. The molecule has 7 heteroatoms. The van der Waals surface area contributed by atoms with Gasteiger partial charge in [0.25, 0.3) is 0 Å². The smallest absolute Gasteiger partial charge is 0.315 e. The molecule has 19 heavy (non-hydrogen) atoms. The summed E-state index contributed by atoms with van der Waals surface area (Å²) in [5, 5.41) is 2.12.